The third kappa shape index (κ3) is 3.84. The molecule has 142 valence electrons. The highest BCUT2D eigenvalue weighted by Crippen LogP contribution is 2.39. The van der Waals surface area contributed by atoms with Crippen LogP contribution in [-0.2, 0) is 6.54 Å². The number of hydrogen-bond donors (Lipinski definition) is 1. The minimum Gasteiger partial charge on any atom is -0.493 e. The lowest BCUT2D eigenvalue weighted by atomic mass is 10.1. The summed E-state index contributed by atoms with van der Waals surface area (Å²) in [6, 6.07) is 13.7. The Morgan fingerprint density at radius 3 is 2.48 bits per heavy atom. The van der Waals surface area contributed by atoms with Gasteiger partial charge in [0.1, 0.15) is 0 Å². The Morgan fingerprint density at radius 2 is 1.74 bits per heavy atom. The van der Waals surface area contributed by atoms with E-state index in [9.17, 15) is 4.79 Å². The molecule has 1 amide bonds. The van der Waals surface area contributed by atoms with E-state index in [2.05, 4.69) is 34.3 Å². The van der Waals surface area contributed by atoms with Gasteiger partial charge in [0.25, 0.3) is 5.91 Å². The second kappa shape index (κ2) is 8.49. The van der Waals surface area contributed by atoms with Crippen molar-refractivity contribution in [2.24, 2.45) is 0 Å². The fourth-order valence-corrected chi connectivity index (χ4v) is 3.16. The zero-order valence-corrected chi connectivity index (χ0v) is 15.8. The van der Waals surface area contributed by atoms with Crippen LogP contribution < -0.4 is 19.5 Å². The van der Waals surface area contributed by atoms with Crippen molar-refractivity contribution in [2.75, 3.05) is 27.9 Å². The van der Waals surface area contributed by atoms with Gasteiger partial charge in [-0.05, 0) is 36.1 Å². The van der Waals surface area contributed by atoms with E-state index in [1.165, 1.54) is 25.1 Å². The summed E-state index contributed by atoms with van der Waals surface area (Å²) in [7, 11) is 4.57. The molecule has 0 radical (unpaired) electrons. The number of fused-ring (bicyclic) bond motifs is 1. The van der Waals surface area contributed by atoms with Crippen molar-refractivity contribution in [3.05, 3.63) is 54.2 Å². The average molecular weight is 368 g/mol. The minimum absolute atomic E-state index is 0.204. The SMILES string of the molecule is COc1ccc(C(=O)NCCCn2ccc3ccccc32)c(OC)c1OC. The van der Waals surface area contributed by atoms with E-state index in [4.69, 9.17) is 14.2 Å². The molecule has 0 saturated heterocycles. The van der Waals surface area contributed by atoms with Crippen LogP contribution >= 0.6 is 0 Å². The predicted octanol–water partition coefficient (Wildman–Crippen LogP) is 3.49. The second-order valence-electron chi connectivity index (χ2n) is 6.06. The molecule has 1 heterocycles. The summed E-state index contributed by atoms with van der Waals surface area (Å²) in [5.41, 5.74) is 1.62. The minimum atomic E-state index is -0.204. The molecule has 0 aliphatic rings. The molecule has 3 aromatic rings. The highest BCUT2D eigenvalue weighted by atomic mass is 16.5. The van der Waals surface area contributed by atoms with Crippen molar-refractivity contribution in [3.8, 4) is 17.2 Å². The number of hydrogen-bond acceptors (Lipinski definition) is 4. The lowest BCUT2D eigenvalue weighted by molar-refractivity contribution is 0.0949. The molecule has 1 N–H and O–H groups in total. The molecule has 1 aromatic heterocycles. The van der Waals surface area contributed by atoms with E-state index in [1.807, 2.05) is 12.1 Å². The van der Waals surface area contributed by atoms with E-state index in [0.29, 0.717) is 29.4 Å². The number of benzene rings is 2. The van der Waals surface area contributed by atoms with Crippen LogP contribution in [0.5, 0.6) is 17.2 Å². The standard InChI is InChI=1S/C21H24N2O4/c1-25-18-10-9-16(19(26-2)20(18)27-3)21(24)22-12-6-13-23-14-11-15-7-4-5-8-17(15)23/h4-5,7-11,14H,6,12-13H2,1-3H3,(H,22,24). The van der Waals surface area contributed by atoms with Crippen LogP contribution in [0.4, 0.5) is 0 Å². The quantitative estimate of drug-likeness (QED) is 0.618. The number of ether oxygens (including phenoxy) is 3. The van der Waals surface area contributed by atoms with Gasteiger partial charge in [0.2, 0.25) is 5.75 Å². The maximum absolute atomic E-state index is 12.6. The molecule has 0 aliphatic carbocycles. The zero-order valence-electron chi connectivity index (χ0n) is 15.8. The Kier molecular flexibility index (Phi) is 5.86. The van der Waals surface area contributed by atoms with Crippen LogP contribution in [0.25, 0.3) is 10.9 Å². The summed E-state index contributed by atoms with van der Waals surface area (Å²) in [6.07, 6.45) is 2.89. The molecular formula is C21H24N2O4. The number of methoxy groups -OCH3 is 3. The van der Waals surface area contributed by atoms with Gasteiger partial charge in [-0.25, -0.2) is 0 Å². The highest BCUT2D eigenvalue weighted by molar-refractivity contribution is 5.98. The van der Waals surface area contributed by atoms with E-state index in [1.54, 1.807) is 19.2 Å². The van der Waals surface area contributed by atoms with Crippen LogP contribution in [0.1, 0.15) is 16.8 Å². The molecule has 6 heteroatoms. The summed E-state index contributed by atoms with van der Waals surface area (Å²) < 4.78 is 18.1. The number of carbonyl (C=O) groups is 1. The summed E-state index contributed by atoms with van der Waals surface area (Å²) >= 11 is 0. The first-order valence-electron chi connectivity index (χ1n) is 8.80. The number of rotatable bonds is 8. The van der Waals surface area contributed by atoms with Gasteiger partial charge < -0.3 is 24.1 Å². The van der Waals surface area contributed by atoms with Crippen molar-refractivity contribution in [2.45, 2.75) is 13.0 Å². The Balaban J connectivity index is 1.62. The normalized spacial score (nSPS) is 10.6. The molecular weight excluding hydrogens is 344 g/mol. The lowest BCUT2D eigenvalue weighted by Gasteiger charge is -2.15. The second-order valence-corrected chi connectivity index (χ2v) is 6.06. The van der Waals surface area contributed by atoms with Gasteiger partial charge in [-0.15, -0.1) is 0 Å². The average Bonchev–Trinajstić information content (AvgIpc) is 3.12. The predicted molar refractivity (Wildman–Crippen MR) is 105 cm³/mol. The Labute approximate surface area is 158 Å². The number of aryl methyl sites for hydroxylation is 1. The molecule has 6 nitrogen and oxygen atoms in total. The number of para-hydroxylation sites is 1. The van der Waals surface area contributed by atoms with Gasteiger partial charge in [0, 0.05) is 24.8 Å². The van der Waals surface area contributed by atoms with E-state index >= 15 is 0 Å². The Hall–Kier alpha value is -3.15. The third-order valence-corrected chi connectivity index (χ3v) is 4.49. The van der Waals surface area contributed by atoms with E-state index < -0.39 is 0 Å². The largest absolute Gasteiger partial charge is 0.493 e. The number of carbonyl (C=O) groups excluding carboxylic acids is 1. The van der Waals surface area contributed by atoms with E-state index in [-0.39, 0.29) is 5.91 Å². The molecule has 0 spiro atoms. The van der Waals surface area contributed by atoms with Crippen molar-refractivity contribution in [1.82, 2.24) is 9.88 Å². The fourth-order valence-electron chi connectivity index (χ4n) is 3.16. The first-order valence-corrected chi connectivity index (χ1v) is 8.80. The van der Waals surface area contributed by atoms with Crippen LogP contribution in [-0.4, -0.2) is 38.3 Å². The Bertz CT molecular complexity index is 933. The molecule has 0 saturated carbocycles. The molecule has 27 heavy (non-hydrogen) atoms. The van der Waals surface area contributed by atoms with Crippen molar-refractivity contribution >= 4 is 16.8 Å². The lowest BCUT2D eigenvalue weighted by Crippen LogP contribution is -2.25. The van der Waals surface area contributed by atoms with E-state index in [0.717, 1.165) is 13.0 Å². The number of aromatic nitrogens is 1. The monoisotopic (exact) mass is 368 g/mol. The van der Waals surface area contributed by atoms with Gasteiger partial charge >= 0.3 is 0 Å². The third-order valence-electron chi connectivity index (χ3n) is 4.49. The fraction of sp³-hybridized carbons (Fsp3) is 0.286. The molecule has 0 fully saturated rings. The molecule has 3 rings (SSSR count). The summed E-state index contributed by atoms with van der Waals surface area (Å²) in [6.45, 7) is 1.39. The van der Waals surface area contributed by atoms with Gasteiger partial charge in [-0.1, -0.05) is 18.2 Å². The first-order chi connectivity index (χ1) is 13.2. The van der Waals surface area contributed by atoms with Crippen LogP contribution in [0.15, 0.2) is 48.7 Å². The summed E-state index contributed by atoms with van der Waals surface area (Å²) in [4.78, 5) is 12.6. The first kappa shape index (κ1) is 18.6. The van der Waals surface area contributed by atoms with Gasteiger partial charge in [0.15, 0.2) is 11.5 Å². The van der Waals surface area contributed by atoms with Crippen LogP contribution in [0, 0.1) is 0 Å². The molecule has 0 bridgehead atoms. The van der Waals surface area contributed by atoms with Crippen molar-refractivity contribution in [1.29, 1.82) is 0 Å². The van der Waals surface area contributed by atoms with Gasteiger partial charge in [-0.2, -0.15) is 0 Å². The number of nitrogens with one attached hydrogen (secondary N) is 1. The summed E-state index contributed by atoms with van der Waals surface area (Å²) in [5, 5.41) is 4.16. The highest BCUT2D eigenvalue weighted by Gasteiger charge is 2.20. The number of nitrogens with zero attached hydrogens (tertiary/aromatic N) is 1. The van der Waals surface area contributed by atoms with Gasteiger partial charge in [0.05, 0.1) is 26.9 Å². The smallest absolute Gasteiger partial charge is 0.255 e. The van der Waals surface area contributed by atoms with Crippen LogP contribution in [0.2, 0.25) is 0 Å². The molecule has 0 atom stereocenters. The van der Waals surface area contributed by atoms with Crippen LogP contribution in [0.3, 0.4) is 0 Å². The number of amides is 1. The summed E-state index contributed by atoms with van der Waals surface area (Å²) in [5.74, 6) is 1.09. The zero-order chi connectivity index (χ0) is 19.2. The topological polar surface area (TPSA) is 61.7 Å². The van der Waals surface area contributed by atoms with Crippen molar-refractivity contribution < 1.29 is 19.0 Å². The Morgan fingerprint density at radius 1 is 0.963 bits per heavy atom. The van der Waals surface area contributed by atoms with Crippen molar-refractivity contribution in [3.63, 3.8) is 0 Å². The van der Waals surface area contributed by atoms with Gasteiger partial charge in [-0.3, -0.25) is 4.79 Å². The molecule has 0 aliphatic heterocycles. The molecule has 0 unspecified atom stereocenters. The maximum Gasteiger partial charge on any atom is 0.255 e. The maximum atomic E-state index is 12.6. The molecule has 2 aromatic carbocycles.